The van der Waals surface area contributed by atoms with Gasteiger partial charge >= 0.3 is 0 Å². The van der Waals surface area contributed by atoms with Gasteiger partial charge in [0, 0.05) is 54.7 Å². The molecule has 8 heteroatoms. The molecule has 2 aliphatic heterocycles. The lowest BCUT2D eigenvalue weighted by Gasteiger charge is -2.33. The zero-order valence-corrected chi connectivity index (χ0v) is 22.5. The highest BCUT2D eigenvalue weighted by atomic mass is 35.5. The van der Waals surface area contributed by atoms with Crippen molar-refractivity contribution in [2.24, 2.45) is 0 Å². The van der Waals surface area contributed by atoms with Gasteiger partial charge in [-0.2, -0.15) is 0 Å². The summed E-state index contributed by atoms with van der Waals surface area (Å²) in [7, 11) is 2.11. The van der Waals surface area contributed by atoms with Gasteiger partial charge in [0.25, 0.3) is 5.91 Å². The maximum atomic E-state index is 13.1. The fraction of sp³-hybridized carbons (Fsp3) is 0.267. The first-order chi connectivity index (χ1) is 18.4. The summed E-state index contributed by atoms with van der Waals surface area (Å²) in [5.74, 6) is -0.0837. The molecule has 3 aromatic carbocycles. The predicted octanol–water partition coefficient (Wildman–Crippen LogP) is 4.87. The molecule has 1 fully saturated rings. The number of halogens is 1. The molecule has 0 atom stereocenters. The molecular formula is C30H32ClN5O2. The van der Waals surface area contributed by atoms with E-state index in [1.54, 1.807) is 12.1 Å². The number of hydrogen-bond donors (Lipinski definition) is 2. The molecule has 0 radical (unpaired) electrons. The number of likely N-dealkylation sites (N-methyl/N-ethyl adjacent to an activating group) is 2. The largest absolute Gasteiger partial charge is 0.354 e. The molecular weight excluding hydrogens is 498 g/mol. The third kappa shape index (κ3) is 5.60. The third-order valence-electron chi connectivity index (χ3n) is 7.06. The van der Waals surface area contributed by atoms with Crippen LogP contribution >= 0.6 is 11.6 Å². The molecule has 0 aliphatic carbocycles. The zero-order chi connectivity index (χ0) is 26.6. The van der Waals surface area contributed by atoms with Crippen LogP contribution in [0, 0.1) is 0 Å². The van der Waals surface area contributed by atoms with Crippen LogP contribution in [-0.4, -0.2) is 67.9 Å². The van der Waals surface area contributed by atoms with E-state index < -0.39 is 0 Å². The molecule has 2 aliphatic rings. The third-order valence-corrected chi connectivity index (χ3v) is 7.29. The molecule has 5 rings (SSSR count). The number of amides is 2. The number of carbonyl (C=O) groups excluding carboxylic acids is 2. The van der Waals surface area contributed by atoms with E-state index >= 15 is 0 Å². The first-order valence-electron chi connectivity index (χ1n) is 12.9. The number of piperazine rings is 1. The van der Waals surface area contributed by atoms with Crippen LogP contribution < -0.4 is 15.5 Å². The summed E-state index contributed by atoms with van der Waals surface area (Å²) in [6.45, 7) is 6.78. The van der Waals surface area contributed by atoms with Gasteiger partial charge in [-0.05, 0) is 55.9 Å². The summed E-state index contributed by atoms with van der Waals surface area (Å²) in [5, 5.41) is 6.98. The number of benzene rings is 3. The van der Waals surface area contributed by atoms with E-state index in [0.717, 1.165) is 48.7 Å². The van der Waals surface area contributed by atoms with E-state index in [4.69, 9.17) is 11.6 Å². The summed E-state index contributed by atoms with van der Waals surface area (Å²) in [5.41, 5.74) is 5.32. The molecule has 1 saturated heterocycles. The van der Waals surface area contributed by atoms with Crippen LogP contribution in [0.3, 0.4) is 0 Å². The Morgan fingerprint density at radius 2 is 1.71 bits per heavy atom. The number of rotatable bonds is 7. The fourth-order valence-corrected chi connectivity index (χ4v) is 5.10. The van der Waals surface area contributed by atoms with Gasteiger partial charge < -0.3 is 20.4 Å². The molecule has 2 N–H and O–H groups in total. The lowest BCUT2D eigenvalue weighted by molar-refractivity contribution is -0.120. The van der Waals surface area contributed by atoms with Crippen molar-refractivity contribution in [1.29, 1.82) is 0 Å². The summed E-state index contributed by atoms with van der Waals surface area (Å²) in [4.78, 5) is 32.5. The number of anilines is 3. The molecule has 0 spiro atoms. The molecule has 196 valence electrons. The minimum Gasteiger partial charge on any atom is -0.354 e. The summed E-state index contributed by atoms with van der Waals surface area (Å²) in [6, 6.07) is 23.0. The highest BCUT2D eigenvalue weighted by Gasteiger charge is 2.28. The van der Waals surface area contributed by atoms with Crippen molar-refractivity contribution in [3.05, 3.63) is 88.9 Å². The highest BCUT2D eigenvalue weighted by molar-refractivity contribution is 6.38. The first kappa shape index (κ1) is 26.0. The molecule has 0 saturated carbocycles. The lowest BCUT2D eigenvalue weighted by Crippen LogP contribution is -2.49. The Hall–Kier alpha value is -3.65. The summed E-state index contributed by atoms with van der Waals surface area (Å²) in [6.07, 6.45) is 0. The van der Waals surface area contributed by atoms with Crippen molar-refractivity contribution in [2.45, 2.75) is 6.92 Å². The number of carbonyl (C=O) groups is 2. The van der Waals surface area contributed by atoms with Gasteiger partial charge in [0.1, 0.15) is 0 Å². The molecule has 38 heavy (non-hydrogen) atoms. The smallest absolute Gasteiger partial charge is 0.258 e. The highest BCUT2D eigenvalue weighted by Crippen LogP contribution is 2.38. The van der Waals surface area contributed by atoms with Crippen molar-refractivity contribution < 1.29 is 9.59 Å². The number of nitrogens with zero attached hydrogens (tertiary/aromatic N) is 3. The predicted molar refractivity (Wildman–Crippen MR) is 155 cm³/mol. The molecule has 3 aromatic rings. The van der Waals surface area contributed by atoms with Gasteiger partial charge in [-0.15, -0.1) is 0 Å². The Kier molecular flexibility index (Phi) is 7.79. The van der Waals surface area contributed by atoms with Crippen LogP contribution in [0.1, 0.15) is 18.1 Å². The monoisotopic (exact) mass is 529 g/mol. The average Bonchev–Trinajstić information content (AvgIpc) is 3.24. The van der Waals surface area contributed by atoms with Crippen molar-refractivity contribution in [2.75, 3.05) is 61.8 Å². The van der Waals surface area contributed by atoms with Crippen LogP contribution in [0.4, 0.5) is 17.1 Å². The van der Waals surface area contributed by atoms with E-state index in [1.165, 1.54) is 0 Å². The van der Waals surface area contributed by atoms with Gasteiger partial charge in [-0.25, -0.2) is 0 Å². The SMILES string of the molecule is CCN(C(=O)CN1CCN(C)CC1)c1ccc(N/C(=C2\C(=O)Nc3cc(Cl)ccc32)c2ccccc2)cc1. The van der Waals surface area contributed by atoms with Crippen LogP contribution in [0.15, 0.2) is 72.8 Å². The van der Waals surface area contributed by atoms with Crippen LogP contribution in [0.2, 0.25) is 5.02 Å². The van der Waals surface area contributed by atoms with Crippen LogP contribution in [-0.2, 0) is 9.59 Å². The van der Waals surface area contributed by atoms with Crippen molar-refractivity contribution in [3.8, 4) is 0 Å². The molecule has 2 amide bonds. The van der Waals surface area contributed by atoms with Gasteiger partial charge in [-0.3, -0.25) is 14.5 Å². The van der Waals surface area contributed by atoms with E-state index in [1.807, 2.05) is 72.5 Å². The van der Waals surface area contributed by atoms with E-state index in [-0.39, 0.29) is 11.8 Å². The van der Waals surface area contributed by atoms with Crippen molar-refractivity contribution in [3.63, 3.8) is 0 Å². The Labute approximate surface area is 228 Å². The fourth-order valence-electron chi connectivity index (χ4n) is 4.93. The molecule has 7 nitrogen and oxygen atoms in total. The second kappa shape index (κ2) is 11.4. The molecule has 0 bridgehead atoms. The number of nitrogens with one attached hydrogen (secondary N) is 2. The van der Waals surface area contributed by atoms with Crippen LogP contribution in [0.5, 0.6) is 0 Å². The quantitative estimate of drug-likeness (QED) is 0.427. The summed E-state index contributed by atoms with van der Waals surface area (Å²) < 4.78 is 0. The number of fused-ring (bicyclic) bond motifs is 1. The van der Waals surface area contributed by atoms with E-state index in [2.05, 4.69) is 27.5 Å². The maximum Gasteiger partial charge on any atom is 0.258 e. The van der Waals surface area contributed by atoms with Crippen molar-refractivity contribution >= 4 is 51.7 Å². The Bertz CT molecular complexity index is 1350. The second-order valence-electron chi connectivity index (χ2n) is 9.65. The minimum atomic E-state index is -0.183. The first-order valence-corrected chi connectivity index (χ1v) is 13.3. The van der Waals surface area contributed by atoms with E-state index in [0.29, 0.717) is 35.1 Å². The minimum absolute atomic E-state index is 0.0998. The number of hydrogen-bond acceptors (Lipinski definition) is 5. The molecule has 2 heterocycles. The maximum absolute atomic E-state index is 13.1. The molecule has 0 aromatic heterocycles. The second-order valence-corrected chi connectivity index (χ2v) is 10.1. The van der Waals surface area contributed by atoms with Gasteiger partial charge in [-0.1, -0.05) is 48.0 Å². The van der Waals surface area contributed by atoms with E-state index in [9.17, 15) is 9.59 Å². The topological polar surface area (TPSA) is 67.9 Å². The van der Waals surface area contributed by atoms with Crippen molar-refractivity contribution in [1.82, 2.24) is 9.80 Å². The van der Waals surface area contributed by atoms with Crippen LogP contribution in [0.25, 0.3) is 11.3 Å². The van der Waals surface area contributed by atoms with Gasteiger partial charge in [0.2, 0.25) is 5.91 Å². The molecule has 0 unspecified atom stereocenters. The average molecular weight is 530 g/mol. The zero-order valence-electron chi connectivity index (χ0n) is 21.7. The standard InChI is InChI=1S/C30H32ClN5O2/c1-3-36(27(37)20-35-17-15-34(2)16-18-35)24-12-10-23(11-13-24)32-29(21-7-5-4-6-8-21)28-25-14-9-22(31)19-26(25)33-30(28)38/h4-14,19,32H,3,15-18,20H2,1-2H3,(H,33,38)/b29-28-. The Balaban J connectivity index is 1.40. The lowest BCUT2D eigenvalue weighted by atomic mass is 10.00. The normalized spacial score (nSPS) is 17.1. The summed E-state index contributed by atoms with van der Waals surface area (Å²) >= 11 is 6.16. The Morgan fingerprint density at radius 3 is 2.39 bits per heavy atom. The van der Waals surface area contributed by atoms with Gasteiger partial charge in [0.15, 0.2) is 0 Å². The van der Waals surface area contributed by atoms with Gasteiger partial charge in [0.05, 0.1) is 23.5 Å². The Morgan fingerprint density at radius 1 is 1.00 bits per heavy atom.